The van der Waals surface area contributed by atoms with E-state index >= 15 is 0 Å². The molecule has 2 nitrogen and oxygen atoms in total. The van der Waals surface area contributed by atoms with E-state index in [-0.39, 0.29) is 0 Å². The third-order valence-corrected chi connectivity index (χ3v) is 1.41. The van der Waals surface area contributed by atoms with Gasteiger partial charge in [0, 0.05) is 0 Å². The maximum atomic E-state index is 11.7. The van der Waals surface area contributed by atoms with Crippen molar-refractivity contribution in [2.24, 2.45) is 0 Å². The minimum absolute atomic E-state index is 1.86. The minimum atomic E-state index is -7.22. The average molecular weight is 236 g/mol. The van der Waals surface area contributed by atoms with Crippen LogP contribution < -0.4 is 0 Å². The highest BCUT2D eigenvalue weighted by Gasteiger charge is 2.59. The first-order valence-corrected chi connectivity index (χ1v) is 3.90. The smallest absolute Gasteiger partial charge is 0.254 e. The molecule has 0 saturated carbocycles. The molecular formula is C2F8O2Si. The van der Waals surface area contributed by atoms with E-state index < -0.39 is 22.0 Å². The van der Waals surface area contributed by atoms with Crippen LogP contribution in [0.15, 0.2) is 0 Å². The average Bonchev–Trinajstić information content (AvgIpc) is 1.43. The summed E-state index contributed by atoms with van der Waals surface area (Å²) in [5, 5.41) is 0. The summed E-state index contributed by atoms with van der Waals surface area (Å²) < 4.78 is 93.1. The van der Waals surface area contributed by atoms with Crippen molar-refractivity contribution in [3.8, 4) is 0 Å². The molecule has 11 heteroatoms. The van der Waals surface area contributed by atoms with E-state index in [1.54, 1.807) is 0 Å². The van der Waals surface area contributed by atoms with Crippen molar-refractivity contribution in [1.82, 2.24) is 0 Å². The largest absolute Gasteiger partial charge is 0.774 e. The summed E-state index contributed by atoms with van der Waals surface area (Å²) in [6.07, 6.45) is -11.7. The van der Waals surface area contributed by atoms with Gasteiger partial charge in [-0.25, -0.2) is 8.22 Å². The van der Waals surface area contributed by atoms with Crippen LogP contribution in [0.1, 0.15) is 0 Å². The Morgan fingerprint density at radius 3 is 1.08 bits per heavy atom. The molecule has 0 unspecified atom stereocenters. The van der Waals surface area contributed by atoms with Gasteiger partial charge in [0.1, 0.15) is 0 Å². The third kappa shape index (κ3) is 7.92. The lowest BCUT2D eigenvalue weighted by Gasteiger charge is -2.15. The van der Waals surface area contributed by atoms with Gasteiger partial charge in [-0.05, 0) is 0 Å². The first kappa shape index (κ1) is 12.6. The zero-order valence-electron chi connectivity index (χ0n) is 5.34. The van der Waals surface area contributed by atoms with Crippen molar-refractivity contribution in [2.45, 2.75) is 12.7 Å². The van der Waals surface area contributed by atoms with Crippen LogP contribution >= 0.6 is 0 Å². The van der Waals surface area contributed by atoms with Gasteiger partial charge in [0.15, 0.2) is 0 Å². The van der Waals surface area contributed by atoms with E-state index in [1.807, 2.05) is 8.85 Å². The molecule has 0 heterocycles. The second kappa shape index (κ2) is 3.38. The lowest BCUT2D eigenvalue weighted by Crippen LogP contribution is -2.42. The van der Waals surface area contributed by atoms with Crippen molar-refractivity contribution in [3.05, 3.63) is 0 Å². The zero-order chi connectivity index (χ0) is 10.9. The molecule has 0 saturated heterocycles. The van der Waals surface area contributed by atoms with Gasteiger partial charge < -0.3 is 0 Å². The molecule has 0 aromatic rings. The number of alkyl halides is 6. The maximum Gasteiger partial charge on any atom is 0.774 e. The Hall–Kier alpha value is -0.423. The zero-order valence-corrected chi connectivity index (χ0v) is 6.34. The van der Waals surface area contributed by atoms with E-state index in [2.05, 4.69) is 0 Å². The highest BCUT2D eigenvalue weighted by molar-refractivity contribution is 6.52. The second-order valence-electron chi connectivity index (χ2n) is 1.56. The van der Waals surface area contributed by atoms with E-state index in [9.17, 15) is 34.6 Å². The van der Waals surface area contributed by atoms with Gasteiger partial charge in [0.05, 0.1) is 0 Å². The van der Waals surface area contributed by atoms with Crippen LogP contribution in [0.2, 0.25) is 0 Å². The summed E-state index contributed by atoms with van der Waals surface area (Å²) in [6, 6.07) is 0. The van der Waals surface area contributed by atoms with Crippen LogP contribution in [0.25, 0.3) is 0 Å². The molecule has 0 aliphatic rings. The van der Waals surface area contributed by atoms with Crippen molar-refractivity contribution in [1.29, 1.82) is 0 Å². The van der Waals surface area contributed by atoms with Gasteiger partial charge in [-0.15, -0.1) is 26.3 Å². The van der Waals surface area contributed by atoms with Crippen LogP contribution in [-0.4, -0.2) is 22.0 Å². The first-order valence-electron chi connectivity index (χ1n) is 2.33. The SMILES string of the molecule is FC(F)(F)O[Si](F)(F)OC(F)(F)F. The molecule has 0 aliphatic heterocycles. The Morgan fingerprint density at radius 1 is 0.692 bits per heavy atom. The molecule has 0 bridgehead atoms. The molecule has 0 radical (unpaired) electrons. The van der Waals surface area contributed by atoms with Crippen molar-refractivity contribution >= 4 is 9.23 Å². The van der Waals surface area contributed by atoms with Gasteiger partial charge in [-0.3, -0.25) is 8.85 Å². The molecule has 0 fully saturated rings. The minimum Gasteiger partial charge on any atom is -0.254 e. The third-order valence-electron chi connectivity index (χ3n) is 0.469. The molecule has 0 atom stereocenters. The van der Waals surface area contributed by atoms with Crippen molar-refractivity contribution in [2.75, 3.05) is 0 Å². The standard InChI is InChI=1S/C2F8O2Si/c3-1(4,5)11-13(9,10)12-2(6,7)8. The molecule has 80 valence electrons. The van der Waals surface area contributed by atoms with E-state index in [0.717, 1.165) is 0 Å². The fourth-order valence-corrected chi connectivity index (χ4v) is 0.871. The van der Waals surface area contributed by atoms with Gasteiger partial charge >= 0.3 is 22.0 Å². The monoisotopic (exact) mass is 236 g/mol. The second-order valence-corrected chi connectivity index (χ2v) is 2.89. The lowest BCUT2D eigenvalue weighted by atomic mass is 11.4. The highest BCUT2D eigenvalue weighted by atomic mass is 28.5. The van der Waals surface area contributed by atoms with E-state index in [0.29, 0.717) is 0 Å². The predicted molar refractivity (Wildman–Crippen MR) is 22.3 cm³/mol. The number of halogens is 8. The molecule has 0 N–H and O–H groups in total. The van der Waals surface area contributed by atoms with Gasteiger partial charge in [0.2, 0.25) is 0 Å². The van der Waals surface area contributed by atoms with Gasteiger partial charge in [-0.1, -0.05) is 0 Å². The Labute approximate surface area is 66.6 Å². The van der Waals surface area contributed by atoms with Crippen LogP contribution in [0.5, 0.6) is 0 Å². The normalized spacial score (nSPS) is 14.8. The molecule has 0 aromatic carbocycles. The van der Waals surface area contributed by atoms with Crippen LogP contribution in [0, 0.1) is 0 Å². The molecule has 0 rings (SSSR count). The first-order chi connectivity index (χ1) is 5.41. The van der Waals surface area contributed by atoms with Gasteiger partial charge in [-0.2, -0.15) is 0 Å². The van der Waals surface area contributed by atoms with E-state index in [4.69, 9.17) is 0 Å². The molecule has 13 heavy (non-hydrogen) atoms. The maximum absolute atomic E-state index is 11.7. The van der Waals surface area contributed by atoms with Crippen molar-refractivity contribution < 1.29 is 43.4 Å². The summed E-state index contributed by atoms with van der Waals surface area (Å²) in [6.45, 7) is 0. The van der Waals surface area contributed by atoms with Crippen LogP contribution in [-0.2, 0) is 8.85 Å². The number of hydrogen-bond donors (Lipinski definition) is 0. The fraction of sp³-hybridized carbons (Fsp3) is 1.00. The predicted octanol–water partition coefficient (Wildman–Crippen LogP) is 2.43. The molecule has 0 aliphatic carbocycles. The summed E-state index contributed by atoms with van der Waals surface area (Å²) in [7, 11) is -7.22. The molecule has 0 aromatic heterocycles. The van der Waals surface area contributed by atoms with E-state index in [1.165, 1.54) is 0 Å². The number of rotatable bonds is 2. The number of hydrogen-bond acceptors (Lipinski definition) is 2. The fourth-order valence-electron chi connectivity index (χ4n) is 0.290. The summed E-state index contributed by atoms with van der Waals surface area (Å²) in [5.74, 6) is 0. The summed E-state index contributed by atoms with van der Waals surface area (Å²) >= 11 is 0. The Balaban J connectivity index is 4.25. The quantitative estimate of drug-likeness (QED) is 0.416. The summed E-state index contributed by atoms with van der Waals surface area (Å²) in [4.78, 5) is 0. The Morgan fingerprint density at radius 2 is 0.923 bits per heavy atom. The highest BCUT2D eigenvalue weighted by Crippen LogP contribution is 2.30. The molecule has 0 amide bonds. The van der Waals surface area contributed by atoms with Crippen molar-refractivity contribution in [3.63, 3.8) is 0 Å². The Bertz CT molecular complexity index is 152. The topological polar surface area (TPSA) is 18.5 Å². The molecular weight excluding hydrogens is 236 g/mol. The van der Waals surface area contributed by atoms with Gasteiger partial charge in [0.25, 0.3) is 0 Å². The summed E-state index contributed by atoms with van der Waals surface area (Å²) in [5.41, 5.74) is 0. The Kier molecular flexibility index (Phi) is 3.27. The lowest BCUT2D eigenvalue weighted by molar-refractivity contribution is -0.336. The molecule has 0 spiro atoms. The van der Waals surface area contributed by atoms with Crippen LogP contribution in [0.3, 0.4) is 0 Å². The van der Waals surface area contributed by atoms with Crippen LogP contribution in [0.4, 0.5) is 34.6 Å².